The van der Waals surface area contributed by atoms with Crippen LogP contribution in [0.3, 0.4) is 0 Å². The number of aliphatic hydroxyl groups is 1. The molecule has 0 bridgehead atoms. The SMILES string of the molecule is OC1CCN(c2[c]cncc2)CC1. The van der Waals surface area contributed by atoms with Gasteiger partial charge in [0, 0.05) is 37.2 Å². The second kappa shape index (κ2) is 3.75. The number of anilines is 1. The van der Waals surface area contributed by atoms with E-state index in [-0.39, 0.29) is 6.10 Å². The lowest BCUT2D eigenvalue weighted by Gasteiger charge is -2.31. The van der Waals surface area contributed by atoms with E-state index in [2.05, 4.69) is 16.0 Å². The zero-order valence-electron chi connectivity index (χ0n) is 7.48. The molecule has 0 aromatic carbocycles. The molecule has 1 aliphatic heterocycles. The van der Waals surface area contributed by atoms with E-state index >= 15 is 0 Å². The molecule has 0 aliphatic carbocycles. The molecule has 1 aromatic rings. The predicted octanol–water partition coefficient (Wildman–Crippen LogP) is 0.843. The van der Waals surface area contributed by atoms with Crippen molar-refractivity contribution in [2.24, 2.45) is 0 Å². The average Bonchev–Trinajstić information content (AvgIpc) is 2.20. The van der Waals surface area contributed by atoms with Crippen molar-refractivity contribution < 1.29 is 5.11 Å². The van der Waals surface area contributed by atoms with Gasteiger partial charge in [-0.25, -0.2) is 0 Å². The number of piperidine rings is 1. The van der Waals surface area contributed by atoms with Gasteiger partial charge in [-0.2, -0.15) is 0 Å². The molecule has 3 heteroatoms. The Morgan fingerprint density at radius 2 is 2.23 bits per heavy atom. The summed E-state index contributed by atoms with van der Waals surface area (Å²) in [6, 6.07) is 5.04. The van der Waals surface area contributed by atoms with Crippen molar-refractivity contribution in [1.29, 1.82) is 0 Å². The molecular weight excluding hydrogens is 164 g/mol. The van der Waals surface area contributed by atoms with Gasteiger partial charge in [0.05, 0.1) is 6.10 Å². The molecule has 0 unspecified atom stereocenters. The van der Waals surface area contributed by atoms with Gasteiger partial charge in [0.2, 0.25) is 0 Å². The van der Waals surface area contributed by atoms with E-state index in [1.165, 1.54) is 0 Å². The molecule has 1 saturated heterocycles. The van der Waals surface area contributed by atoms with Crippen LogP contribution in [0.4, 0.5) is 5.69 Å². The van der Waals surface area contributed by atoms with E-state index in [0.717, 1.165) is 31.6 Å². The van der Waals surface area contributed by atoms with Gasteiger partial charge in [-0.3, -0.25) is 4.98 Å². The van der Waals surface area contributed by atoms with E-state index in [1.807, 2.05) is 6.07 Å². The molecule has 0 saturated carbocycles. The van der Waals surface area contributed by atoms with Crippen LogP contribution in [0.15, 0.2) is 18.5 Å². The van der Waals surface area contributed by atoms with Crippen molar-refractivity contribution >= 4 is 5.69 Å². The number of hydrogen-bond acceptors (Lipinski definition) is 3. The van der Waals surface area contributed by atoms with Crippen LogP contribution in [0.5, 0.6) is 0 Å². The van der Waals surface area contributed by atoms with Gasteiger partial charge in [-0.15, -0.1) is 0 Å². The molecule has 13 heavy (non-hydrogen) atoms. The zero-order chi connectivity index (χ0) is 9.10. The molecule has 3 nitrogen and oxygen atoms in total. The highest BCUT2D eigenvalue weighted by molar-refractivity contribution is 5.43. The fourth-order valence-corrected chi connectivity index (χ4v) is 1.61. The lowest BCUT2D eigenvalue weighted by molar-refractivity contribution is 0.145. The zero-order valence-corrected chi connectivity index (χ0v) is 7.48. The summed E-state index contributed by atoms with van der Waals surface area (Å²) in [5.74, 6) is 0. The van der Waals surface area contributed by atoms with E-state index in [9.17, 15) is 5.11 Å². The van der Waals surface area contributed by atoms with Crippen molar-refractivity contribution in [3.8, 4) is 0 Å². The van der Waals surface area contributed by atoms with Crippen LogP contribution in [0, 0.1) is 6.07 Å². The third kappa shape index (κ3) is 1.98. The van der Waals surface area contributed by atoms with Gasteiger partial charge in [0.15, 0.2) is 0 Å². The first-order valence-corrected chi connectivity index (χ1v) is 4.61. The minimum absolute atomic E-state index is 0.113. The Labute approximate surface area is 78.0 Å². The molecule has 0 atom stereocenters. The third-order valence-corrected chi connectivity index (χ3v) is 2.41. The van der Waals surface area contributed by atoms with Crippen LogP contribution >= 0.6 is 0 Å². The number of aromatic nitrogens is 1. The number of hydrogen-bond donors (Lipinski definition) is 1. The number of aliphatic hydroxyl groups excluding tert-OH is 1. The molecule has 2 heterocycles. The number of nitrogens with zero attached hydrogens (tertiary/aromatic N) is 2. The van der Waals surface area contributed by atoms with E-state index in [4.69, 9.17) is 0 Å². The van der Waals surface area contributed by atoms with Crippen LogP contribution < -0.4 is 4.90 Å². The first-order valence-electron chi connectivity index (χ1n) is 4.61. The Hall–Kier alpha value is -1.09. The molecule has 1 aromatic heterocycles. The Bertz CT molecular complexity index is 255. The molecular formula is C10H13N2O. The maximum atomic E-state index is 9.32. The van der Waals surface area contributed by atoms with Crippen molar-refractivity contribution in [2.45, 2.75) is 18.9 Å². The van der Waals surface area contributed by atoms with Crippen LogP contribution in [0.1, 0.15) is 12.8 Å². The molecule has 69 valence electrons. The van der Waals surface area contributed by atoms with Crippen LogP contribution in [-0.4, -0.2) is 29.3 Å². The largest absolute Gasteiger partial charge is 0.393 e. The Morgan fingerprint density at radius 1 is 1.46 bits per heavy atom. The Kier molecular flexibility index (Phi) is 2.45. The minimum Gasteiger partial charge on any atom is -0.393 e. The van der Waals surface area contributed by atoms with E-state index in [0.29, 0.717) is 0 Å². The van der Waals surface area contributed by atoms with Gasteiger partial charge in [-0.05, 0) is 18.9 Å². The van der Waals surface area contributed by atoms with Crippen molar-refractivity contribution in [1.82, 2.24) is 4.98 Å². The van der Waals surface area contributed by atoms with Gasteiger partial charge in [-0.1, -0.05) is 0 Å². The average molecular weight is 177 g/mol. The fraction of sp³-hybridized carbons (Fsp3) is 0.500. The smallest absolute Gasteiger partial charge is 0.0574 e. The van der Waals surface area contributed by atoms with Crippen LogP contribution in [0.25, 0.3) is 0 Å². The van der Waals surface area contributed by atoms with Crippen molar-refractivity contribution in [3.63, 3.8) is 0 Å². The Balaban J connectivity index is 2.03. The van der Waals surface area contributed by atoms with Gasteiger partial charge < -0.3 is 10.0 Å². The highest BCUT2D eigenvalue weighted by atomic mass is 16.3. The summed E-state index contributed by atoms with van der Waals surface area (Å²) in [5.41, 5.74) is 1.09. The first-order chi connectivity index (χ1) is 6.36. The lowest BCUT2D eigenvalue weighted by Crippen LogP contribution is -2.35. The highest BCUT2D eigenvalue weighted by Gasteiger charge is 2.16. The molecule has 0 spiro atoms. The fourth-order valence-electron chi connectivity index (χ4n) is 1.61. The summed E-state index contributed by atoms with van der Waals surface area (Å²) in [7, 11) is 0. The quantitative estimate of drug-likeness (QED) is 0.690. The maximum absolute atomic E-state index is 9.32. The first kappa shape index (κ1) is 8.51. The van der Waals surface area contributed by atoms with Gasteiger partial charge >= 0.3 is 0 Å². The topological polar surface area (TPSA) is 36.4 Å². The van der Waals surface area contributed by atoms with Crippen molar-refractivity contribution in [2.75, 3.05) is 18.0 Å². The second-order valence-electron chi connectivity index (χ2n) is 3.34. The molecule has 1 radical (unpaired) electrons. The summed E-state index contributed by atoms with van der Waals surface area (Å²) in [4.78, 5) is 6.15. The van der Waals surface area contributed by atoms with Crippen LogP contribution in [-0.2, 0) is 0 Å². The lowest BCUT2D eigenvalue weighted by atomic mass is 10.1. The van der Waals surface area contributed by atoms with Gasteiger partial charge in [0.25, 0.3) is 0 Å². The monoisotopic (exact) mass is 177 g/mol. The Morgan fingerprint density at radius 3 is 2.85 bits per heavy atom. The normalized spacial score (nSPS) is 19.0. The van der Waals surface area contributed by atoms with Crippen LogP contribution in [0.2, 0.25) is 0 Å². The second-order valence-corrected chi connectivity index (χ2v) is 3.34. The summed E-state index contributed by atoms with van der Waals surface area (Å²) < 4.78 is 0. The van der Waals surface area contributed by atoms with E-state index in [1.54, 1.807) is 12.4 Å². The summed E-state index contributed by atoms with van der Waals surface area (Å²) in [5, 5.41) is 9.32. The number of rotatable bonds is 1. The molecule has 1 fully saturated rings. The summed E-state index contributed by atoms with van der Waals surface area (Å²) in [6.45, 7) is 1.84. The van der Waals surface area contributed by atoms with Gasteiger partial charge in [0.1, 0.15) is 0 Å². The number of pyridine rings is 1. The van der Waals surface area contributed by atoms with Crippen molar-refractivity contribution in [3.05, 3.63) is 24.5 Å². The standard InChI is InChI=1S/C10H13N2O/c13-10-3-7-12(8-4-10)9-1-5-11-6-2-9/h1,5-6,10,13H,3-4,7-8H2. The molecule has 0 amide bonds. The summed E-state index contributed by atoms with van der Waals surface area (Å²) in [6.07, 6.45) is 5.06. The predicted molar refractivity (Wildman–Crippen MR) is 50.5 cm³/mol. The molecule has 1 N–H and O–H groups in total. The molecule has 1 aliphatic rings. The minimum atomic E-state index is -0.113. The summed E-state index contributed by atoms with van der Waals surface area (Å²) >= 11 is 0. The highest BCUT2D eigenvalue weighted by Crippen LogP contribution is 2.17. The third-order valence-electron chi connectivity index (χ3n) is 2.41. The maximum Gasteiger partial charge on any atom is 0.0574 e. The van der Waals surface area contributed by atoms with E-state index < -0.39 is 0 Å². The molecule has 2 rings (SSSR count).